The van der Waals surface area contributed by atoms with Crippen molar-refractivity contribution in [2.75, 3.05) is 11.9 Å². The van der Waals surface area contributed by atoms with Gasteiger partial charge in [0.1, 0.15) is 5.76 Å². The third-order valence-corrected chi connectivity index (χ3v) is 5.47. The predicted octanol–water partition coefficient (Wildman–Crippen LogP) is 3.70. The van der Waals surface area contributed by atoms with E-state index in [0.29, 0.717) is 24.0 Å². The zero-order valence-corrected chi connectivity index (χ0v) is 15.7. The molecule has 2 aromatic heterocycles. The van der Waals surface area contributed by atoms with Crippen LogP contribution in [0.3, 0.4) is 0 Å². The number of anilines is 1. The van der Waals surface area contributed by atoms with Gasteiger partial charge in [0.05, 0.1) is 24.4 Å². The fourth-order valence-corrected chi connectivity index (χ4v) is 4.05. The van der Waals surface area contributed by atoms with E-state index >= 15 is 0 Å². The smallest absolute Gasteiger partial charge is 0.231 e. The highest BCUT2D eigenvalue weighted by molar-refractivity contribution is 7.16. The van der Waals surface area contributed by atoms with Crippen molar-refractivity contribution >= 4 is 28.3 Å². The first-order chi connectivity index (χ1) is 13.1. The number of furan rings is 1. The van der Waals surface area contributed by atoms with Crippen LogP contribution in [0.1, 0.15) is 17.1 Å². The Hall–Kier alpha value is -2.93. The van der Waals surface area contributed by atoms with Crippen LogP contribution in [0.4, 0.5) is 5.13 Å². The molecule has 0 aliphatic carbocycles. The Kier molecular flexibility index (Phi) is 4.77. The minimum absolute atomic E-state index is 0.0353. The first kappa shape index (κ1) is 17.5. The van der Waals surface area contributed by atoms with Crippen LogP contribution in [0.15, 0.2) is 53.1 Å². The van der Waals surface area contributed by atoms with Crippen LogP contribution in [0.5, 0.6) is 0 Å². The molecule has 1 atom stereocenters. The predicted molar refractivity (Wildman–Crippen MR) is 103 cm³/mol. The van der Waals surface area contributed by atoms with Gasteiger partial charge in [0.15, 0.2) is 5.13 Å². The lowest BCUT2D eigenvalue weighted by atomic mass is 10.1. The fourth-order valence-electron chi connectivity index (χ4n) is 3.21. The van der Waals surface area contributed by atoms with Crippen molar-refractivity contribution in [1.82, 2.24) is 9.88 Å². The average molecular weight is 381 g/mol. The molecular formula is C20H19N3O3S. The van der Waals surface area contributed by atoms with Crippen molar-refractivity contribution in [1.29, 1.82) is 0 Å². The number of thiazole rings is 1. The maximum Gasteiger partial charge on any atom is 0.231 e. The molecule has 1 unspecified atom stereocenters. The quantitative estimate of drug-likeness (QED) is 0.731. The van der Waals surface area contributed by atoms with Gasteiger partial charge in [-0.25, -0.2) is 4.98 Å². The Morgan fingerprint density at radius 2 is 2.11 bits per heavy atom. The molecule has 1 aliphatic rings. The summed E-state index contributed by atoms with van der Waals surface area (Å²) in [6, 6.07) is 13.5. The van der Waals surface area contributed by atoms with E-state index in [4.69, 9.17) is 4.42 Å². The minimum atomic E-state index is -0.378. The van der Waals surface area contributed by atoms with Crippen LogP contribution in [0.25, 0.3) is 11.3 Å². The third-order valence-electron chi connectivity index (χ3n) is 4.59. The van der Waals surface area contributed by atoms with Gasteiger partial charge in [0, 0.05) is 23.4 Å². The summed E-state index contributed by atoms with van der Waals surface area (Å²) >= 11 is 1.45. The van der Waals surface area contributed by atoms with Gasteiger partial charge in [-0.3, -0.25) is 9.59 Å². The summed E-state index contributed by atoms with van der Waals surface area (Å²) in [6.07, 6.45) is 1.79. The molecule has 0 bridgehead atoms. The molecule has 3 aromatic rings. The fraction of sp³-hybridized carbons (Fsp3) is 0.250. The molecule has 0 spiro atoms. The largest absolute Gasteiger partial charge is 0.467 e. The maximum atomic E-state index is 12.6. The number of hydrogen-bond acceptors (Lipinski definition) is 5. The average Bonchev–Trinajstić information content (AvgIpc) is 3.38. The lowest BCUT2D eigenvalue weighted by molar-refractivity contribution is -0.128. The molecule has 1 aliphatic heterocycles. The Morgan fingerprint density at radius 1 is 1.30 bits per heavy atom. The van der Waals surface area contributed by atoms with Gasteiger partial charge >= 0.3 is 0 Å². The first-order valence-corrected chi connectivity index (χ1v) is 9.55. The van der Waals surface area contributed by atoms with E-state index in [1.807, 2.05) is 43.3 Å². The molecule has 4 rings (SSSR count). The number of amides is 2. The van der Waals surface area contributed by atoms with E-state index in [1.165, 1.54) is 11.3 Å². The molecule has 0 radical (unpaired) electrons. The second-order valence-corrected chi connectivity index (χ2v) is 7.74. The van der Waals surface area contributed by atoms with E-state index in [1.54, 1.807) is 17.2 Å². The molecule has 1 saturated heterocycles. The van der Waals surface area contributed by atoms with Gasteiger partial charge in [-0.1, -0.05) is 30.3 Å². The normalized spacial score (nSPS) is 16.7. The van der Waals surface area contributed by atoms with E-state index in [-0.39, 0.29) is 24.2 Å². The van der Waals surface area contributed by atoms with Crippen molar-refractivity contribution in [2.45, 2.75) is 19.9 Å². The highest BCUT2D eigenvalue weighted by atomic mass is 32.1. The van der Waals surface area contributed by atoms with Crippen molar-refractivity contribution in [2.24, 2.45) is 5.92 Å². The summed E-state index contributed by atoms with van der Waals surface area (Å²) in [5.41, 5.74) is 1.89. The number of hydrogen-bond donors (Lipinski definition) is 1. The van der Waals surface area contributed by atoms with Crippen LogP contribution in [0, 0.1) is 12.8 Å². The summed E-state index contributed by atoms with van der Waals surface area (Å²) in [7, 11) is 0. The molecule has 2 amide bonds. The van der Waals surface area contributed by atoms with Crippen LogP contribution in [-0.4, -0.2) is 28.2 Å². The number of carbonyl (C=O) groups is 2. The van der Waals surface area contributed by atoms with E-state index in [9.17, 15) is 9.59 Å². The molecule has 138 valence electrons. The molecule has 3 heterocycles. The zero-order chi connectivity index (χ0) is 18.8. The Labute approximate surface area is 160 Å². The number of aromatic nitrogens is 1. The Morgan fingerprint density at radius 3 is 2.85 bits per heavy atom. The summed E-state index contributed by atoms with van der Waals surface area (Å²) in [5, 5.41) is 3.44. The van der Waals surface area contributed by atoms with Gasteiger partial charge in [-0.15, -0.1) is 11.3 Å². The van der Waals surface area contributed by atoms with Crippen molar-refractivity contribution in [3.8, 4) is 11.3 Å². The van der Waals surface area contributed by atoms with Crippen LogP contribution >= 0.6 is 11.3 Å². The Bertz CT molecular complexity index is 950. The summed E-state index contributed by atoms with van der Waals surface area (Å²) in [5.74, 6) is 0.134. The van der Waals surface area contributed by atoms with Crippen molar-refractivity contribution in [3.63, 3.8) is 0 Å². The standard InChI is InChI=1S/C20H19N3O3S/c1-13-18(14-6-3-2-4-7-14)21-20(27-13)22-19(25)15-10-17(24)23(11-15)12-16-8-5-9-26-16/h2-9,15H,10-12H2,1H3,(H,21,22,25). The third kappa shape index (κ3) is 3.78. The molecule has 1 fully saturated rings. The first-order valence-electron chi connectivity index (χ1n) is 8.74. The second-order valence-electron chi connectivity index (χ2n) is 6.53. The van der Waals surface area contributed by atoms with Crippen LogP contribution in [-0.2, 0) is 16.1 Å². The molecule has 0 saturated carbocycles. The van der Waals surface area contributed by atoms with Gasteiger partial charge < -0.3 is 14.6 Å². The van der Waals surface area contributed by atoms with Gasteiger partial charge in [-0.05, 0) is 19.1 Å². The maximum absolute atomic E-state index is 12.6. The number of nitrogens with zero attached hydrogens (tertiary/aromatic N) is 2. The number of nitrogens with one attached hydrogen (secondary N) is 1. The minimum Gasteiger partial charge on any atom is -0.467 e. The van der Waals surface area contributed by atoms with Crippen LogP contribution < -0.4 is 5.32 Å². The number of benzene rings is 1. The monoisotopic (exact) mass is 381 g/mol. The topological polar surface area (TPSA) is 75.4 Å². The van der Waals surface area contributed by atoms with E-state index in [2.05, 4.69) is 10.3 Å². The molecule has 6 nitrogen and oxygen atoms in total. The van der Waals surface area contributed by atoms with Gasteiger partial charge in [0.25, 0.3) is 0 Å². The number of rotatable bonds is 5. The highest BCUT2D eigenvalue weighted by Crippen LogP contribution is 2.31. The van der Waals surface area contributed by atoms with E-state index < -0.39 is 0 Å². The molecule has 1 N–H and O–H groups in total. The molecule has 1 aromatic carbocycles. The number of likely N-dealkylation sites (tertiary alicyclic amines) is 1. The molecular weight excluding hydrogens is 362 g/mol. The summed E-state index contributed by atoms with van der Waals surface area (Å²) < 4.78 is 5.29. The lowest BCUT2D eigenvalue weighted by Crippen LogP contribution is -2.27. The van der Waals surface area contributed by atoms with E-state index in [0.717, 1.165) is 16.1 Å². The molecule has 7 heteroatoms. The SMILES string of the molecule is Cc1sc(NC(=O)C2CC(=O)N(Cc3ccco3)C2)nc1-c1ccccc1. The number of aryl methyl sites for hydroxylation is 1. The Balaban J connectivity index is 1.42. The van der Waals surface area contributed by atoms with Crippen molar-refractivity contribution < 1.29 is 14.0 Å². The highest BCUT2D eigenvalue weighted by Gasteiger charge is 2.35. The number of carbonyl (C=O) groups excluding carboxylic acids is 2. The van der Waals surface area contributed by atoms with Gasteiger partial charge in [-0.2, -0.15) is 0 Å². The van der Waals surface area contributed by atoms with Crippen LogP contribution in [0.2, 0.25) is 0 Å². The summed E-state index contributed by atoms with van der Waals surface area (Å²) in [4.78, 5) is 32.1. The summed E-state index contributed by atoms with van der Waals surface area (Å²) in [6.45, 7) is 2.77. The van der Waals surface area contributed by atoms with Gasteiger partial charge in [0.2, 0.25) is 11.8 Å². The molecule has 27 heavy (non-hydrogen) atoms. The van der Waals surface area contributed by atoms with Crippen molar-refractivity contribution in [3.05, 3.63) is 59.4 Å². The lowest BCUT2D eigenvalue weighted by Gasteiger charge is -2.14. The second kappa shape index (κ2) is 7.36. The zero-order valence-electron chi connectivity index (χ0n) is 14.8.